The molecule has 0 bridgehead atoms. The summed E-state index contributed by atoms with van der Waals surface area (Å²) in [5, 5.41) is 9.57. The Hall–Kier alpha value is -3.52. The number of H-pyrrole nitrogens is 1. The third-order valence-electron chi connectivity index (χ3n) is 5.34. The largest absolute Gasteiger partial charge is 0.310 e. The molecule has 1 amide bonds. The van der Waals surface area contributed by atoms with Crippen molar-refractivity contribution < 1.29 is 4.79 Å². The van der Waals surface area contributed by atoms with E-state index in [4.69, 9.17) is 0 Å². The van der Waals surface area contributed by atoms with Crippen LogP contribution in [0.1, 0.15) is 29.7 Å². The van der Waals surface area contributed by atoms with Crippen LogP contribution in [0.15, 0.2) is 58.7 Å². The first kappa shape index (κ1) is 19.4. The average Bonchev–Trinajstić information content (AvgIpc) is 3.44. The van der Waals surface area contributed by atoms with Gasteiger partial charge in [-0.25, -0.2) is 4.98 Å². The standard InChI is InChI=1S/C23H21N5O2S/c29-21(13-15-7-2-1-3-8-15)25-20-14-18(19-11-6-12-31-19)27-28(20)23-24-17-10-5-4-9-16(17)22(30)26-23/h1-3,6-8,11-12,14H,4-5,9-10,13H2,(H,25,29)(H,24,26,30). The molecule has 0 radical (unpaired) electrons. The molecule has 1 aromatic carbocycles. The van der Waals surface area contributed by atoms with Crippen molar-refractivity contribution in [2.75, 3.05) is 5.32 Å². The Labute approximate surface area is 182 Å². The first-order valence-corrected chi connectivity index (χ1v) is 11.2. The summed E-state index contributed by atoms with van der Waals surface area (Å²) in [5.74, 6) is 0.636. The van der Waals surface area contributed by atoms with Crippen LogP contribution in [-0.2, 0) is 24.1 Å². The van der Waals surface area contributed by atoms with Gasteiger partial charge < -0.3 is 5.32 Å². The number of rotatable bonds is 5. The maximum atomic E-state index is 12.7. The van der Waals surface area contributed by atoms with Crippen LogP contribution in [0.2, 0.25) is 0 Å². The third-order valence-corrected chi connectivity index (χ3v) is 6.23. The maximum absolute atomic E-state index is 12.7. The van der Waals surface area contributed by atoms with Crippen LogP contribution in [0, 0.1) is 0 Å². The molecule has 5 rings (SSSR count). The topological polar surface area (TPSA) is 92.7 Å². The minimum absolute atomic E-state index is 0.130. The van der Waals surface area contributed by atoms with Crippen LogP contribution in [0.3, 0.4) is 0 Å². The van der Waals surface area contributed by atoms with Gasteiger partial charge in [0.15, 0.2) is 0 Å². The minimum Gasteiger partial charge on any atom is -0.310 e. The molecule has 2 N–H and O–H groups in total. The van der Waals surface area contributed by atoms with Crippen LogP contribution in [0.25, 0.3) is 16.5 Å². The van der Waals surface area contributed by atoms with Crippen molar-refractivity contribution in [2.45, 2.75) is 32.1 Å². The number of aromatic amines is 1. The predicted molar refractivity (Wildman–Crippen MR) is 121 cm³/mol. The molecule has 3 aromatic heterocycles. The van der Waals surface area contributed by atoms with Crippen molar-refractivity contribution in [3.63, 3.8) is 0 Å². The molecule has 0 atom stereocenters. The highest BCUT2D eigenvalue weighted by atomic mass is 32.1. The second-order valence-corrected chi connectivity index (χ2v) is 8.48. The molecule has 0 spiro atoms. The summed E-state index contributed by atoms with van der Waals surface area (Å²) in [7, 11) is 0. The van der Waals surface area contributed by atoms with Gasteiger partial charge in [-0.2, -0.15) is 9.78 Å². The summed E-state index contributed by atoms with van der Waals surface area (Å²) in [5.41, 5.74) is 3.08. The van der Waals surface area contributed by atoms with Gasteiger partial charge >= 0.3 is 0 Å². The number of hydrogen-bond donors (Lipinski definition) is 2. The fraction of sp³-hybridized carbons (Fsp3) is 0.217. The van der Waals surface area contributed by atoms with Crippen molar-refractivity contribution in [1.82, 2.24) is 19.7 Å². The number of anilines is 1. The predicted octanol–water partition coefficient (Wildman–Crippen LogP) is 3.74. The molecule has 8 heteroatoms. The van der Waals surface area contributed by atoms with Gasteiger partial charge in [-0.05, 0) is 42.7 Å². The van der Waals surface area contributed by atoms with Crippen molar-refractivity contribution in [2.24, 2.45) is 0 Å². The number of hydrogen-bond acceptors (Lipinski definition) is 5. The zero-order valence-corrected chi connectivity index (χ0v) is 17.6. The number of carbonyl (C=O) groups excluding carboxylic acids is 1. The fourth-order valence-electron chi connectivity index (χ4n) is 3.84. The zero-order valence-electron chi connectivity index (χ0n) is 16.8. The van der Waals surface area contributed by atoms with Crippen LogP contribution in [-0.4, -0.2) is 25.7 Å². The van der Waals surface area contributed by atoms with Gasteiger partial charge in [-0.3, -0.25) is 14.6 Å². The van der Waals surface area contributed by atoms with E-state index in [1.165, 1.54) is 4.68 Å². The molecule has 156 valence electrons. The quantitative estimate of drug-likeness (QED) is 0.503. The van der Waals surface area contributed by atoms with Gasteiger partial charge in [0.1, 0.15) is 11.5 Å². The number of fused-ring (bicyclic) bond motifs is 1. The Balaban J connectivity index is 1.52. The van der Waals surface area contributed by atoms with E-state index < -0.39 is 0 Å². The first-order chi connectivity index (χ1) is 15.2. The number of nitrogens with zero attached hydrogens (tertiary/aromatic N) is 3. The SMILES string of the molecule is O=C(Cc1ccccc1)Nc1cc(-c2cccs2)nn1-c1nc2c(c(=O)[nH]1)CCCC2. The lowest BCUT2D eigenvalue weighted by Crippen LogP contribution is -2.25. The van der Waals surface area contributed by atoms with E-state index in [2.05, 4.69) is 20.4 Å². The second-order valence-electron chi connectivity index (χ2n) is 7.54. The number of carbonyl (C=O) groups is 1. The number of aryl methyl sites for hydroxylation is 1. The highest BCUT2D eigenvalue weighted by molar-refractivity contribution is 7.13. The van der Waals surface area contributed by atoms with Gasteiger partial charge in [0, 0.05) is 11.6 Å². The van der Waals surface area contributed by atoms with E-state index in [1.807, 2.05) is 53.9 Å². The number of amides is 1. The maximum Gasteiger partial charge on any atom is 0.255 e. The molecule has 0 fully saturated rings. The Morgan fingerprint density at radius 2 is 1.97 bits per heavy atom. The molecule has 1 aliphatic carbocycles. The van der Waals surface area contributed by atoms with Crippen LogP contribution in [0.5, 0.6) is 0 Å². The van der Waals surface area contributed by atoms with Gasteiger partial charge in [0.2, 0.25) is 11.9 Å². The Morgan fingerprint density at radius 3 is 2.77 bits per heavy atom. The molecular weight excluding hydrogens is 410 g/mol. The van der Waals surface area contributed by atoms with E-state index in [1.54, 1.807) is 11.3 Å². The highest BCUT2D eigenvalue weighted by Crippen LogP contribution is 2.28. The number of benzene rings is 1. The summed E-state index contributed by atoms with van der Waals surface area (Å²) in [6.07, 6.45) is 3.79. The van der Waals surface area contributed by atoms with Crippen LogP contribution >= 0.6 is 11.3 Å². The highest BCUT2D eigenvalue weighted by Gasteiger charge is 2.20. The Kier molecular flexibility index (Phi) is 5.21. The minimum atomic E-state index is -0.162. The molecule has 7 nitrogen and oxygen atoms in total. The lowest BCUT2D eigenvalue weighted by atomic mass is 9.97. The third kappa shape index (κ3) is 4.06. The summed E-state index contributed by atoms with van der Waals surface area (Å²) >= 11 is 1.56. The number of aromatic nitrogens is 4. The number of thiophene rings is 1. The molecule has 0 aliphatic heterocycles. The van der Waals surface area contributed by atoms with Gasteiger partial charge in [-0.15, -0.1) is 11.3 Å². The Morgan fingerprint density at radius 1 is 1.13 bits per heavy atom. The Bertz CT molecular complexity index is 1280. The molecule has 3 heterocycles. The summed E-state index contributed by atoms with van der Waals surface area (Å²) in [4.78, 5) is 33.9. The summed E-state index contributed by atoms with van der Waals surface area (Å²) < 4.78 is 1.52. The van der Waals surface area contributed by atoms with Crippen molar-refractivity contribution >= 4 is 23.1 Å². The monoisotopic (exact) mass is 431 g/mol. The molecule has 1 aliphatic rings. The smallest absolute Gasteiger partial charge is 0.255 e. The molecule has 0 saturated carbocycles. The number of nitrogens with one attached hydrogen (secondary N) is 2. The fourth-order valence-corrected chi connectivity index (χ4v) is 4.52. The van der Waals surface area contributed by atoms with Crippen LogP contribution in [0.4, 0.5) is 5.82 Å². The van der Waals surface area contributed by atoms with E-state index in [0.29, 0.717) is 17.5 Å². The molecule has 4 aromatic rings. The normalized spacial score (nSPS) is 13.0. The molecule has 0 unspecified atom stereocenters. The van der Waals surface area contributed by atoms with E-state index in [9.17, 15) is 9.59 Å². The van der Waals surface area contributed by atoms with E-state index >= 15 is 0 Å². The first-order valence-electron chi connectivity index (χ1n) is 10.3. The summed E-state index contributed by atoms with van der Waals surface area (Å²) in [6, 6.07) is 15.3. The van der Waals surface area contributed by atoms with Crippen LogP contribution < -0.4 is 10.9 Å². The zero-order chi connectivity index (χ0) is 21.2. The summed E-state index contributed by atoms with van der Waals surface area (Å²) in [6.45, 7) is 0. The van der Waals surface area contributed by atoms with Crippen molar-refractivity contribution in [1.29, 1.82) is 0 Å². The molecule has 0 saturated heterocycles. The second kappa shape index (κ2) is 8.31. The van der Waals surface area contributed by atoms with Gasteiger partial charge in [0.05, 0.1) is 17.0 Å². The molecule has 31 heavy (non-hydrogen) atoms. The van der Waals surface area contributed by atoms with Crippen molar-refractivity contribution in [3.05, 3.63) is 81.1 Å². The lowest BCUT2D eigenvalue weighted by Gasteiger charge is -2.15. The lowest BCUT2D eigenvalue weighted by molar-refractivity contribution is -0.115. The van der Waals surface area contributed by atoms with Gasteiger partial charge in [0.25, 0.3) is 5.56 Å². The van der Waals surface area contributed by atoms with E-state index in [0.717, 1.165) is 47.4 Å². The average molecular weight is 432 g/mol. The van der Waals surface area contributed by atoms with Crippen molar-refractivity contribution in [3.8, 4) is 16.5 Å². The molecular formula is C23H21N5O2S. The van der Waals surface area contributed by atoms with Gasteiger partial charge in [-0.1, -0.05) is 36.4 Å². The van der Waals surface area contributed by atoms with E-state index in [-0.39, 0.29) is 17.9 Å².